The van der Waals surface area contributed by atoms with Gasteiger partial charge in [-0.1, -0.05) is 12.0 Å². The van der Waals surface area contributed by atoms with E-state index in [-0.39, 0.29) is 11.9 Å². The van der Waals surface area contributed by atoms with Crippen LogP contribution in [0.4, 0.5) is 4.39 Å². The quantitative estimate of drug-likeness (QED) is 0.636. The molecule has 4 heteroatoms. The number of benzene rings is 1. The van der Waals surface area contributed by atoms with Crippen molar-refractivity contribution in [3.8, 4) is 12.3 Å². The highest BCUT2D eigenvalue weighted by Gasteiger charge is 2.07. The highest BCUT2D eigenvalue weighted by atomic mass is 79.9. The summed E-state index contributed by atoms with van der Waals surface area (Å²) in [5, 5.41) is 3.37. The van der Waals surface area contributed by atoms with Crippen LogP contribution in [0, 0.1) is 18.2 Å². The molecule has 0 heterocycles. The van der Waals surface area contributed by atoms with Crippen LogP contribution in [-0.4, -0.2) is 18.1 Å². The summed E-state index contributed by atoms with van der Waals surface area (Å²) < 4.78 is 13.6. The molecule has 0 aliphatic heterocycles. The molecule has 17 heavy (non-hydrogen) atoms. The Morgan fingerprint density at radius 2 is 2.35 bits per heavy atom. The van der Waals surface area contributed by atoms with Crippen LogP contribution in [0.2, 0.25) is 0 Å². The van der Waals surface area contributed by atoms with Crippen molar-refractivity contribution in [2.75, 3.05) is 18.1 Å². The number of hydrogen-bond donors (Lipinski definition) is 1. The molecule has 0 spiro atoms. The minimum atomic E-state index is -0.231. The van der Waals surface area contributed by atoms with Gasteiger partial charge >= 0.3 is 0 Å². The van der Waals surface area contributed by atoms with E-state index in [0.717, 1.165) is 23.6 Å². The molecule has 92 valence electrons. The van der Waals surface area contributed by atoms with Gasteiger partial charge in [0.25, 0.3) is 0 Å². The van der Waals surface area contributed by atoms with Crippen LogP contribution in [0.1, 0.15) is 18.5 Å². The Balaban J connectivity index is 2.39. The highest BCUT2D eigenvalue weighted by Crippen LogP contribution is 2.21. The van der Waals surface area contributed by atoms with E-state index < -0.39 is 0 Å². The zero-order chi connectivity index (χ0) is 12.7. The van der Waals surface area contributed by atoms with Crippen LogP contribution in [0.5, 0.6) is 0 Å². The SMILES string of the molecule is C#CCSCCNC(C)c1ccc(F)c(Br)c1. The number of nitrogens with one attached hydrogen (secondary N) is 1. The maximum atomic E-state index is 13.1. The molecular formula is C13H15BrFNS. The van der Waals surface area contributed by atoms with Crippen LogP contribution in [0.3, 0.4) is 0 Å². The second kappa shape index (κ2) is 7.75. The summed E-state index contributed by atoms with van der Waals surface area (Å²) in [6.45, 7) is 2.95. The van der Waals surface area contributed by atoms with Gasteiger partial charge in [0.15, 0.2) is 0 Å². The smallest absolute Gasteiger partial charge is 0.137 e. The first-order chi connectivity index (χ1) is 8.15. The number of rotatable bonds is 6. The fourth-order valence-electron chi connectivity index (χ4n) is 1.38. The van der Waals surface area contributed by atoms with Gasteiger partial charge in [0.2, 0.25) is 0 Å². The van der Waals surface area contributed by atoms with E-state index in [1.165, 1.54) is 6.07 Å². The first-order valence-electron chi connectivity index (χ1n) is 5.34. The van der Waals surface area contributed by atoms with Crippen LogP contribution < -0.4 is 5.32 Å². The minimum absolute atomic E-state index is 0.207. The molecule has 1 N–H and O–H groups in total. The second-order valence-corrected chi connectivity index (χ2v) is 5.57. The predicted molar refractivity (Wildman–Crippen MR) is 76.7 cm³/mol. The first kappa shape index (κ1) is 14.6. The van der Waals surface area contributed by atoms with Gasteiger partial charge in [-0.05, 0) is 40.5 Å². The molecule has 1 unspecified atom stereocenters. The van der Waals surface area contributed by atoms with Crippen LogP contribution in [0.15, 0.2) is 22.7 Å². The predicted octanol–water partition coefficient (Wildman–Crippen LogP) is 3.61. The van der Waals surface area contributed by atoms with Gasteiger partial charge in [-0.3, -0.25) is 0 Å². The van der Waals surface area contributed by atoms with Gasteiger partial charge < -0.3 is 5.32 Å². The summed E-state index contributed by atoms with van der Waals surface area (Å²) in [7, 11) is 0. The number of hydrogen-bond acceptors (Lipinski definition) is 2. The molecule has 1 nitrogen and oxygen atoms in total. The van der Waals surface area contributed by atoms with Gasteiger partial charge in [0, 0.05) is 18.3 Å². The molecule has 1 atom stereocenters. The molecule has 0 amide bonds. The zero-order valence-electron chi connectivity index (χ0n) is 9.67. The van der Waals surface area contributed by atoms with Gasteiger partial charge in [-0.2, -0.15) is 0 Å². The Kier molecular flexibility index (Phi) is 6.64. The Bertz CT molecular complexity index is 403. The lowest BCUT2D eigenvalue weighted by molar-refractivity contribution is 0.592. The number of terminal acetylenes is 1. The summed E-state index contributed by atoms with van der Waals surface area (Å²) >= 11 is 4.92. The third-order valence-corrected chi connectivity index (χ3v) is 3.80. The third-order valence-electron chi connectivity index (χ3n) is 2.33. The van der Waals surface area contributed by atoms with E-state index in [9.17, 15) is 4.39 Å². The van der Waals surface area contributed by atoms with E-state index in [4.69, 9.17) is 6.42 Å². The molecule has 1 aromatic carbocycles. The van der Waals surface area contributed by atoms with Gasteiger partial charge in [-0.25, -0.2) is 4.39 Å². The van der Waals surface area contributed by atoms with Crippen molar-refractivity contribution in [1.82, 2.24) is 5.32 Å². The fourth-order valence-corrected chi connectivity index (χ4v) is 2.30. The van der Waals surface area contributed by atoms with Crippen molar-refractivity contribution >= 4 is 27.7 Å². The molecule has 0 saturated heterocycles. The van der Waals surface area contributed by atoms with Crippen molar-refractivity contribution < 1.29 is 4.39 Å². The summed E-state index contributed by atoms with van der Waals surface area (Å²) in [6, 6.07) is 5.29. The third kappa shape index (κ3) is 5.12. The van der Waals surface area contributed by atoms with E-state index in [2.05, 4.69) is 34.1 Å². The average molecular weight is 316 g/mol. The normalized spacial score (nSPS) is 12.1. The van der Waals surface area contributed by atoms with Crippen LogP contribution in [0.25, 0.3) is 0 Å². The second-order valence-electron chi connectivity index (χ2n) is 3.61. The van der Waals surface area contributed by atoms with Crippen molar-refractivity contribution in [2.24, 2.45) is 0 Å². The standard InChI is InChI=1S/C13H15BrFNS/c1-3-7-17-8-6-16-10(2)11-4-5-13(15)12(14)9-11/h1,4-5,9-10,16H,6-8H2,2H3. The lowest BCUT2D eigenvalue weighted by Crippen LogP contribution is -2.21. The highest BCUT2D eigenvalue weighted by molar-refractivity contribution is 9.10. The molecule has 0 aliphatic rings. The molecule has 0 radical (unpaired) electrons. The van der Waals surface area contributed by atoms with Crippen molar-refractivity contribution in [2.45, 2.75) is 13.0 Å². The Hall–Kier alpha value is -0.500. The molecule has 1 aromatic rings. The van der Waals surface area contributed by atoms with Gasteiger partial charge in [0.05, 0.1) is 10.2 Å². The molecular weight excluding hydrogens is 301 g/mol. The molecule has 0 fully saturated rings. The Morgan fingerprint density at radius 3 is 3.00 bits per heavy atom. The van der Waals surface area contributed by atoms with E-state index in [1.54, 1.807) is 17.8 Å². The lowest BCUT2D eigenvalue weighted by atomic mass is 10.1. The lowest BCUT2D eigenvalue weighted by Gasteiger charge is -2.14. The molecule has 0 aliphatic carbocycles. The van der Waals surface area contributed by atoms with Gasteiger partial charge in [-0.15, -0.1) is 18.2 Å². The van der Waals surface area contributed by atoms with E-state index >= 15 is 0 Å². The monoisotopic (exact) mass is 315 g/mol. The average Bonchev–Trinajstić information content (AvgIpc) is 2.32. The number of halogens is 2. The van der Waals surface area contributed by atoms with Crippen molar-refractivity contribution in [1.29, 1.82) is 0 Å². The summed E-state index contributed by atoms with van der Waals surface area (Å²) in [5.74, 6) is 4.09. The van der Waals surface area contributed by atoms with Crippen LogP contribution in [-0.2, 0) is 0 Å². The zero-order valence-corrected chi connectivity index (χ0v) is 12.1. The Labute approximate surface area is 115 Å². The molecule has 0 bridgehead atoms. The molecule has 1 rings (SSSR count). The number of thioether (sulfide) groups is 1. The summed E-state index contributed by atoms with van der Waals surface area (Å²) in [4.78, 5) is 0. The van der Waals surface area contributed by atoms with Crippen molar-refractivity contribution in [3.63, 3.8) is 0 Å². The maximum Gasteiger partial charge on any atom is 0.137 e. The summed E-state index contributed by atoms with van der Waals surface area (Å²) in [6.07, 6.45) is 5.16. The van der Waals surface area contributed by atoms with E-state index in [0.29, 0.717) is 4.47 Å². The minimum Gasteiger partial charge on any atom is -0.309 e. The largest absolute Gasteiger partial charge is 0.309 e. The summed E-state index contributed by atoms with van der Waals surface area (Å²) in [5.41, 5.74) is 1.07. The Morgan fingerprint density at radius 1 is 1.59 bits per heavy atom. The molecule has 0 saturated carbocycles. The van der Waals surface area contributed by atoms with Crippen molar-refractivity contribution in [3.05, 3.63) is 34.1 Å². The first-order valence-corrected chi connectivity index (χ1v) is 7.29. The maximum absolute atomic E-state index is 13.1. The van der Waals surface area contributed by atoms with Gasteiger partial charge in [0.1, 0.15) is 5.82 Å². The molecule has 0 aromatic heterocycles. The van der Waals surface area contributed by atoms with Crippen LogP contribution >= 0.6 is 27.7 Å². The topological polar surface area (TPSA) is 12.0 Å². The fraction of sp³-hybridized carbons (Fsp3) is 0.385. The van der Waals surface area contributed by atoms with E-state index in [1.807, 2.05) is 6.07 Å².